The van der Waals surface area contributed by atoms with Crippen LogP contribution in [0.4, 0.5) is 5.69 Å². The summed E-state index contributed by atoms with van der Waals surface area (Å²) >= 11 is 5.81. The molecule has 33 heavy (non-hydrogen) atoms. The molecule has 176 valence electrons. The number of hydrogen-bond donors (Lipinski definition) is 0. The first-order valence-electron chi connectivity index (χ1n) is 10.0. The van der Waals surface area contributed by atoms with Crippen LogP contribution in [0.3, 0.4) is 0 Å². The maximum Gasteiger partial charge on any atom is 0.312 e. The van der Waals surface area contributed by atoms with Gasteiger partial charge < -0.3 is 9.64 Å². The van der Waals surface area contributed by atoms with Gasteiger partial charge in [-0.2, -0.15) is 4.31 Å². The largest absolute Gasteiger partial charge is 0.490 e. The van der Waals surface area contributed by atoms with E-state index in [-0.39, 0.29) is 61.4 Å². The van der Waals surface area contributed by atoms with Crippen molar-refractivity contribution >= 4 is 39.0 Å². The number of methoxy groups -OCH3 is 1. The molecule has 1 heterocycles. The first kappa shape index (κ1) is 24.6. The highest BCUT2D eigenvalue weighted by atomic mass is 35.5. The Morgan fingerprint density at radius 2 is 1.70 bits per heavy atom. The number of hydrogen-bond acceptors (Lipinski definition) is 7. The molecule has 2 aromatic carbocycles. The standard InChI is InChI=1S/C21H22ClN3O7S/c1-32-20-8-6-17(14-18(20)25(28)29)33(30,31)24-12-10-23(11-13-24)21(27)9-7-19(26)15-2-4-16(22)5-3-15/h2-6,8,14H,7,9-13H2,1H3. The zero-order chi connectivity index (χ0) is 24.2. The molecule has 1 saturated heterocycles. The van der Waals surface area contributed by atoms with Crippen molar-refractivity contribution in [3.05, 3.63) is 63.2 Å². The van der Waals surface area contributed by atoms with E-state index in [1.165, 1.54) is 28.4 Å². The van der Waals surface area contributed by atoms with Gasteiger partial charge in [-0.3, -0.25) is 19.7 Å². The second-order valence-electron chi connectivity index (χ2n) is 7.31. The molecule has 0 aromatic heterocycles. The van der Waals surface area contributed by atoms with Crippen LogP contribution in [0.2, 0.25) is 5.02 Å². The number of sulfonamides is 1. The summed E-state index contributed by atoms with van der Waals surface area (Å²) < 4.78 is 32.0. The first-order chi connectivity index (χ1) is 15.6. The Morgan fingerprint density at radius 3 is 2.27 bits per heavy atom. The maximum absolute atomic E-state index is 12.9. The van der Waals surface area contributed by atoms with E-state index in [9.17, 15) is 28.1 Å². The van der Waals surface area contributed by atoms with Gasteiger partial charge in [-0.1, -0.05) is 11.6 Å². The topological polar surface area (TPSA) is 127 Å². The molecule has 0 atom stereocenters. The van der Waals surface area contributed by atoms with Crippen LogP contribution in [0, 0.1) is 10.1 Å². The van der Waals surface area contributed by atoms with E-state index >= 15 is 0 Å². The number of carbonyl (C=O) groups is 2. The number of ether oxygens (including phenoxy) is 1. The minimum absolute atomic E-state index is 0.0128. The Kier molecular flexibility index (Phi) is 7.67. The molecule has 12 heteroatoms. The van der Waals surface area contributed by atoms with E-state index in [2.05, 4.69) is 0 Å². The number of amides is 1. The Bertz CT molecular complexity index is 1160. The third-order valence-corrected chi connectivity index (χ3v) is 7.45. The van der Waals surface area contributed by atoms with Crippen LogP contribution in [-0.4, -0.2) is 67.5 Å². The molecule has 0 spiro atoms. The molecule has 1 aliphatic heterocycles. The zero-order valence-electron chi connectivity index (χ0n) is 17.8. The molecule has 0 bridgehead atoms. The summed E-state index contributed by atoms with van der Waals surface area (Å²) in [6.45, 7) is 0.398. The van der Waals surface area contributed by atoms with Crippen molar-refractivity contribution < 1.29 is 27.7 Å². The number of nitro groups is 1. The summed E-state index contributed by atoms with van der Waals surface area (Å²) in [5, 5.41) is 11.7. The number of nitro benzene ring substituents is 1. The van der Waals surface area contributed by atoms with Gasteiger partial charge in [-0.05, 0) is 36.4 Å². The lowest BCUT2D eigenvalue weighted by atomic mass is 10.1. The maximum atomic E-state index is 12.9. The predicted octanol–water partition coefficient (Wildman–Crippen LogP) is 2.75. The lowest BCUT2D eigenvalue weighted by Gasteiger charge is -2.34. The van der Waals surface area contributed by atoms with Crippen molar-refractivity contribution in [3.63, 3.8) is 0 Å². The number of piperazine rings is 1. The Morgan fingerprint density at radius 1 is 1.06 bits per heavy atom. The van der Waals surface area contributed by atoms with Gasteiger partial charge in [0.1, 0.15) is 0 Å². The van der Waals surface area contributed by atoms with E-state index in [1.54, 1.807) is 24.3 Å². The Labute approximate surface area is 195 Å². The SMILES string of the molecule is COc1ccc(S(=O)(=O)N2CCN(C(=O)CCC(=O)c3ccc(Cl)cc3)CC2)cc1[N+](=O)[O-]. The van der Waals surface area contributed by atoms with Crippen molar-refractivity contribution in [1.29, 1.82) is 0 Å². The normalized spacial score (nSPS) is 14.7. The average molecular weight is 496 g/mol. The van der Waals surface area contributed by atoms with Gasteiger partial charge in [-0.15, -0.1) is 0 Å². The van der Waals surface area contributed by atoms with Crippen LogP contribution in [0.15, 0.2) is 47.4 Å². The van der Waals surface area contributed by atoms with Gasteiger partial charge in [0, 0.05) is 55.7 Å². The molecule has 1 aliphatic rings. The summed E-state index contributed by atoms with van der Waals surface area (Å²) in [5.74, 6) is -0.459. The van der Waals surface area contributed by atoms with E-state index in [0.29, 0.717) is 10.6 Å². The van der Waals surface area contributed by atoms with E-state index in [0.717, 1.165) is 6.07 Å². The number of halogens is 1. The molecule has 1 amide bonds. The first-order valence-corrected chi connectivity index (χ1v) is 11.8. The number of benzene rings is 2. The molecule has 3 rings (SSSR count). The molecule has 1 fully saturated rings. The smallest absolute Gasteiger partial charge is 0.312 e. The molecule has 0 radical (unpaired) electrons. The van der Waals surface area contributed by atoms with Crippen molar-refractivity contribution in [2.24, 2.45) is 0 Å². The fourth-order valence-electron chi connectivity index (χ4n) is 3.46. The Balaban J connectivity index is 1.59. The zero-order valence-corrected chi connectivity index (χ0v) is 19.3. The van der Waals surface area contributed by atoms with Gasteiger partial charge in [0.15, 0.2) is 11.5 Å². The number of Topliss-reactive ketones (excluding diaryl/α,β-unsaturated/α-hetero) is 1. The molecule has 0 unspecified atom stereocenters. The van der Waals surface area contributed by atoms with Crippen molar-refractivity contribution in [1.82, 2.24) is 9.21 Å². The van der Waals surface area contributed by atoms with Gasteiger partial charge >= 0.3 is 5.69 Å². The number of nitrogens with zero attached hydrogens (tertiary/aromatic N) is 3. The van der Waals surface area contributed by atoms with Crippen LogP contribution in [0.25, 0.3) is 0 Å². The highest BCUT2D eigenvalue weighted by Crippen LogP contribution is 2.30. The van der Waals surface area contributed by atoms with E-state index < -0.39 is 20.6 Å². The van der Waals surface area contributed by atoms with Crippen LogP contribution in [-0.2, 0) is 14.8 Å². The summed E-state index contributed by atoms with van der Waals surface area (Å²) in [7, 11) is -2.73. The highest BCUT2D eigenvalue weighted by molar-refractivity contribution is 7.89. The molecule has 0 saturated carbocycles. The minimum Gasteiger partial charge on any atom is -0.490 e. The van der Waals surface area contributed by atoms with Crippen LogP contribution >= 0.6 is 11.6 Å². The number of rotatable bonds is 8. The molecular weight excluding hydrogens is 474 g/mol. The fraction of sp³-hybridized carbons (Fsp3) is 0.333. The van der Waals surface area contributed by atoms with Crippen LogP contribution in [0.5, 0.6) is 5.75 Å². The second kappa shape index (κ2) is 10.3. The average Bonchev–Trinajstić information content (AvgIpc) is 2.82. The van der Waals surface area contributed by atoms with Gasteiger partial charge in [0.25, 0.3) is 0 Å². The van der Waals surface area contributed by atoms with Crippen LogP contribution < -0.4 is 4.74 Å². The summed E-state index contributed by atoms with van der Waals surface area (Å²) in [5.41, 5.74) is 0.0226. The lowest BCUT2D eigenvalue weighted by molar-refractivity contribution is -0.386. The third kappa shape index (κ3) is 5.67. The molecule has 2 aromatic rings. The quantitative estimate of drug-likeness (QED) is 0.313. The monoisotopic (exact) mass is 495 g/mol. The van der Waals surface area contributed by atoms with E-state index in [1.807, 2.05) is 0 Å². The number of carbonyl (C=O) groups excluding carboxylic acids is 2. The third-order valence-electron chi connectivity index (χ3n) is 5.31. The van der Waals surface area contributed by atoms with Crippen molar-refractivity contribution in [3.8, 4) is 5.75 Å². The fourth-order valence-corrected chi connectivity index (χ4v) is 5.03. The second-order valence-corrected chi connectivity index (χ2v) is 9.68. The lowest BCUT2D eigenvalue weighted by Crippen LogP contribution is -2.50. The van der Waals surface area contributed by atoms with Gasteiger partial charge in [0.05, 0.1) is 16.9 Å². The van der Waals surface area contributed by atoms with Crippen LogP contribution in [0.1, 0.15) is 23.2 Å². The highest BCUT2D eigenvalue weighted by Gasteiger charge is 2.32. The molecule has 10 nitrogen and oxygen atoms in total. The summed E-state index contributed by atoms with van der Waals surface area (Å²) in [6.07, 6.45) is 0.0490. The summed E-state index contributed by atoms with van der Waals surface area (Å²) in [6, 6.07) is 9.86. The van der Waals surface area contributed by atoms with Gasteiger partial charge in [-0.25, -0.2) is 8.42 Å². The number of ketones is 1. The predicted molar refractivity (Wildman–Crippen MR) is 120 cm³/mol. The summed E-state index contributed by atoms with van der Waals surface area (Å²) in [4.78, 5) is 36.5. The van der Waals surface area contributed by atoms with Crippen molar-refractivity contribution in [2.75, 3.05) is 33.3 Å². The molecule has 0 N–H and O–H groups in total. The minimum atomic E-state index is -3.99. The molecular formula is C21H22ClN3O7S. The Hall–Kier alpha value is -3.02. The van der Waals surface area contributed by atoms with Gasteiger partial charge in [0.2, 0.25) is 15.9 Å². The van der Waals surface area contributed by atoms with Crippen molar-refractivity contribution in [2.45, 2.75) is 17.7 Å². The van der Waals surface area contributed by atoms with E-state index in [4.69, 9.17) is 16.3 Å². The molecule has 0 aliphatic carbocycles.